The summed E-state index contributed by atoms with van der Waals surface area (Å²) in [5.41, 5.74) is -0.115. The molecule has 2 N–H and O–H groups in total. The third kappa shape index (κ3) is 5.64. The van der Waals surface area contributed by atoms with Crippen LogP contribution in [-0.4, -0.2) is 58.8 Å². The van der Waals surface area contributed by atoms with E-state index in [0.717, 1.165) is 0 Å². The minimum absolute atomic E-state index is 0.115. The zero-order valence-corrected chi connectivity index (χ0v) is 9.55. The molecule has 0 fully saturated rings. The molecule has 0 aromatic carbocycles. The third-order valence-electron chi connectivity index (χ3n) is 1.94. The van der Waals surface area contributed by atoms with E-state index < -0.39 is 19.0 Å². The van der Waals surface area contributed by atoms with Crippen LogP contribution in [0, 0.1) is 0 Å². The van der Waals surface area contributed by atoms with Crippen LogP contribution in [0.15, 0.2) is 6.20 Å². The van der Waals surface area contributed by atoms with Crippen LogP contribution in [0.1, 0.15) is 10.5 Å². The van der Waals surface area contributed by atoms with E-state index in [0.29, 0.717) is 19.6 Å². The number of hydrogen-bond acceptors (Lipinski definition) is 5. The van der Waals surface area contributed by atoms with Crippen LogP contribution in [0.5, 0.6) is 0 Å². The van der Waals surface area contributed by atoms with Gasteiger partial charge in [-0.3, -0.25) is 4.68 Å². The molecule has 0 bridgehead atoms. The number of halogens is 2. The lowest BCUT2D eigenvalue weighted by Gasteiger charge is -2.05. The molecule has 0 spiro atoms. The second-order valence-corrected chi connectivity index (χ2v) is 3.39. The minimum Gasteiger partial charge on any atom is -0.476 e. The van der Waals surface area contributed by atoms with Crippen molar-refractivity contribution in [2.24, 2.45) is 0 Å². The first kappa shape index (κ1) is 14.5. The van der Waals surface area contributed by atoms with Gasteiger partial charge < -0.3 is 15.2 Å². The maximum atomic E-state index is 11.7. The average molecular weight is 264 g/mol. The van der Waals surface area contributed by atoms with Gasteiger partial charge in [0, 0.05) is 13.1 Å². The molecule has 1 aromatic rings. The highest BCUT2D eigenvalue weighted by Crippen LogP contribution is 1.92. The van der Waals surface area contributed by atoms with Gasteiger partial charge >= 0.3 is 5.97 Å². The zero-order valence-electron chi connectivity index (χ0n) is 9.55. The monoisotopic (exact) mass is 264 g/mol. The first-order chi connectivity index (χ1) is 8.59. The van der Waals surface area contributed by atoms with Crippen molar-refractivity contribution in [1.82, 2.24) is 20.3 Å². The molecule has 0 saturated heterocycles. The molecule has 0 aliphatic carbocycles. The molecule has 0 aliphatic rings. The largest absolute Gasteiger partial charge is 0.476 e. The highest BCUT2D eigenvalue weighted by molar-refractivity contribution is 5.84. The Morgan fingerprint density at radius 2 is 2.33 bits per heavy atom. The van der Waals surface area contributed by atoms with E-state index in [1.807, 2.05) is 0 Å². The Bertz CT molecular complexity index is 372. The summed E-state index contributed by atoms with van der Waals surface area (Å²) in [6.07, 6.45) is -1.13. The number of ether oxygens (including phenoxy) is 1. The molecular weight excluding hydrogens is 250 g/mol. The number of nitrogens with one attached hydrogen (secondary N) is 1. The van der Waals surface area contributed by atoms with Crippen molar-refractivity contribution in [2.45, 2.75) is 13.0 Å². The first-order valence-corrected chi connectivity index (χ1v) is 5.29. The maximum Gasteiger partial charge on any atom is 0.358 e. The van der Waals surface area contributed by atoms with Crippen LogP contribution in [0.25, 0.3) is 0 Å². The lowest BCUT2D eigenvalue weighted by atomic mass is 10.5. The second-order valence-electron chi connectivity index (χ2n) is 3.39. The molecule has 9 heteroatoms. The molecule has 0 atom stereocenters. The molecule has 1 heterocycles. The van der Waals surface area contributed by atoms with Gasteiger partial charge in [0.2, 0.25) is 0 Å². The number of hydrogen-bond donors (Lipinski definition) is 2. The number of aromatic nitrogens is 3. The fourth-order valence-corrected chi connectivity index (χ4v) is 1.14. The van der Waals surface area contributed by atoms with Crippen LogP contribution in [0.3, 0.4) is 0 Å². The summed E-state index contributed by atoms with van der Waals surface area (Å²) in [7, 11) is 0. The zero-order chi connectivity index (χ0) is 13.4. The smallest absolute Gasteiger partial charge is 0.358 e. The number of carboxylic acids is 1. The van der Waals surface area contributed by atoms with Gasteiger partial charge in [0.15, 0.2) is 5.69 Å². The number of nitrogens with zero attached hydrogens (tertiary/aromatic N) is 3. The number of rotatable bonds is 9. The van der Waals surface area contributed by atoms with Gasteiger partial charge in [-0.15, -0.1) is 5.10 Å². The highest BCUT2D eigenvalue weighted by Gasteiger charge is 2.07. The van der Waals surface area contributed by atoms with Gasteiger partial charge in [0.1, 0.15) is 6.61 Å². The van der Waals surface area contributed by atoms with Crippen molar-refractivity contribution in [3.05, 3.63) is 11.9 Å². The quantitative estimate of drug-likeness (QED) is 0.603. The van der Waals surface area contributed by atoms with Crippen molar-refractivity contribution in [3.8, 4) is 0 Å². The highest BCUT2D eigenvalue weighted by atomic mass is 19.3. The number of carbonyl (C=O) groups is 1. The first-order valence-electron chi connectivity index (χ1n) is 5.29. The van der Waals surface area contributed by atoms with Crippen LogP contribution in [0.2, 0.25) is 0 Å². The lowest BCUT2D eigenvalue weighted by molar-refractivity contribution is 0.0187. The standard InChI is InChI=1S/C9H14F2N4O3/c10-8(11)6-18-4-2-12-1-3-15-5-7(9(16)17)13-14-15/h5,8,12H,1-4,6H2,(H,16,17). The average Bonchev–Trinajstić information content (AvgIpc) is 2.76. The molecule has 0 radical (unpaired) electrons. The van der Waals surface area contributed by atoms with Crippen molar-refractivity contribution in [2.75, 3.05) is 26.3 Å². The normalized spacial score (nSPS) is 11.1. The fraction of sp³-hybridized carbons (Fsp3) is 0.667. The molecule has 1 aromatic heterocycles. The summed E-state index contributed by atoms with van der Waals surface area (Å²) < 4.78 is 29.4. The summed E-state index contributed by atoms with van der Waals surface area (Å²) in [6, 6.07) is 0. The molecule has 7 nitrogen and oxygen atoms in total. The summed E-state index contributed by atoms with van der Waals surface area (Å²) in [5.74, 6) is -1.13. The van der Waals surface area contributed by atoms with Crippen molar-refractivity contribution in [1.29, 1.82) is 0 Å². The Balaban J connectivity index is 2.05. The van der Waals surface area contributed by atoms with E-state index in [-0.39, 0.29) is 12.3 Å². The minimum atomic E-state index is -2.45. The van der Waals surface area contributed by atoms with E-state index in [4.69, 9.17) is 5.11 Å². The van der Waals surface area contributed by atoms with Crippen molar-refractivity contribution in [3.63, 3.8) is 0 Å². The number of aromatic carboxylic acids is 1. The van der Waals surface area contributed by atoms with Crippen molar-refractivity contribution >= 4 is 5.97 Å². The molecule has 0 unspecified atom stereocenters. The van der Waals surface area contributed by atoms with Gasteiger partial charge in [-0.25, -0.2) is 13.6 Å². The third-order valence-corrected chi connectivity index (χ3v) is 1.94. The van der Waals surface area contributed by atoms with Crippen LogP contribution in [-0.2, 0) is 11.3 Å². The van der Waals surface area contributed by atoms with Crippen LogP contribution in [0.4, 0.5) is 8.78 Å². The Morgan fingerprint density at radius 3 is 2.94 bits per heavy atom. The van der Waals surface area contributed by atoms with Crippen LogP contribution >= 0.6 is 0 Å². The summed E-state index contributed by atoms with van der Waals surface area (Å²) in [5, 5.41) is 18.6. The van der Waals surface area contributed by atoms with Crippen molar-refractivity contribution < 1.29 is 23.4 Å². The van der Waals surface area contributed by atoms with Gasteiger partial charge in [0.05, 0.1) is 19.3 Å². The maximum absolute atomic E-state index is 11.7. The summed E-state index contributed by atoms with van der Waals surface area (Å²) >= 11 is 0. The van der Waals surface area contributed by atoms with E-state index in [1.165, 1.54) is 10.9 Å². The fourth-order valence-electron chi connectivity index (χ4n) is 1.14. The summed E-state index contributed by atoms with van der Waals surface area (Å²) in [6.45, 7) is 1.03. The predicted octanol–water partition coefficient (Wildman–Crippen LogP) is -0.152. The predicted molar refractivity (Wildman–Crippen MR) is 56.7 cm³/mol. The van der Waals surface area contributed by atoms with E-state index in [1.54, 1.807) is 0 Å². The second kappa shape index (κ2) is 7.67. The molecule has 0 saturated carbocycles. The van der Waals surface area contributed by atoms with E-state index in [2.05, 4.69) is 20.4 Å². The molecule has 18 heavy (non-hydrogen) atoms. The molecule has 1 rings (SSSR count). The van der Waals surface area contributed by atoms with Gasteiger partial charge in [0.25, 0.3) is 6.43 Å². The summed E-state index contributed by atoms with van der Waals surface area (Å²) in [4.78, 5) is 10.5. The Hall–Kier alpha value is -1.61. The number of carboxylic acid groups (broad SMARTS) is 1. The number of alkyl halides is 2. The Morgan fingerprint density at radius 1 is 1.56 bits per heavy atom. The van der Waals surface area contributed by atoms with Gasteiger partial charge in [-0.1, -0.05) is 5.21 Å². The molecular formula is C9H14F2N4O3. The molecule has 102 valence electrons. The SMILES string of the molecule is O=C(O)c1cn(CCNCCOCC(F)F)nn1. The molecule has 0 amide bonds. The Kier molecular flexibility index (Phi) is 6.15. The van der Waals surface area contributed by atoms with Gasteiger partial charge in [-0.2, -0.15) is 0 Å². The topological polar surface area (TPSA) is 89.3 Å². The molecule has 0 aliphatic heterocycles. The van der Waals surface area contributed by atoms with Crippen LogP contribution < -0.4 is 5.32 Å². The van der Waals surface area contributed by atoms with Gasteiger partial charge in [-0.05, 0) is 0 Å². The lowest BCUT2D eigenvalue weighted by Crippen LogP contribution is -2.25. The Labute approximate surface area is 102 Å². The van der Waals surface area contributed by atoms with E-state index in [9.17, 15) is 13.6 Å². The van der Waals surface area contributed by atoms with E-state index >= 15 is 0 Å².